The Kier molecular flexibility index (Phi) is 7.78. The number of methoxy groups -OCH3 is 1. The number of hydrogen-bond acceptors (Lipinski definition) is 5. The first-order chi connectivity index (χ1) is 13.1. The Morgan fingerprint density at radius 3 is 2.21 bits per heavy atom. The number of esters is 1. The average molecular weight is 399 g/mol. The van der Waals surface area contributed by atoms with Crippen LogP contribution in [0.25, 0.3) is 0 Å². The second kappa shape index (κ2) is 9.24. The van der Waals surface area contributed by atoms with Crippen molar-refractivity contribution < 1.29 is 23.6 Å². The summed E-state index contributed by atoms with van der Waals surface area (Å²) in [5, 5.41) is 2.70. The number of benzene rings is 1. The number of ether oxygens (including phenoxy) is 1. The molecule has 1 heterocycles. The van der Waals surface area contributed by atoms with Crippen LogP contribution < -0.4 is 10.8 Å². The summed E-state index contributed by atoms with van der Waals surface area (Å²) < 4.78 is 16.9. The van der Waals surface area contributed by atoms with Gasteiger partial charge in [0.2, 0.25) is 0 Å². The van der Waals surface area contributed by atoms with Gasteiger partial charge in [0.15, 0.2) is 0 Å². The average Bonchev–Trinajstić information content (AvgIpc) is 2.86. The Balaban J connectivity index is 0.00000420. The number of carbonyl (C=O) groups excluding carboxylic acids is 2. The van der Waals surface area contributed by atoms with Crippen molar-refractivity contribution in [3.8, 4) is 0 Å². The highest BCUT2D eigenvalue weighted by molar-refractivity contribution is 6.62. The number of amides is 1. The molecular formula is C22H30BNO5. The van der Waals surface area contributed by atoms with E-state index in [1.807, 2.05) is 27.7 Å². The summed E-state index contributed by atoms with van der Waals surface area (Å²) in [5.41, 5.74) is 0.469. The Hall–Kier alpha value is -2.64. The van der Waals surface area contributed by atoms with E-state index in [9.17, 15) is 9.59 Å². The summed E-state index contributed by atoms with van der Waals surface area (Å²) in [6, 6.07) is 4.97. The number of hydrogen-bond donors (Lipinski definition) is 1. The minimum atomic E-state index is -0.637. The van der Waals surface area contributed by atoms with Gasteiger partial charge < -0.3 is 19.4 Å². The fraction of sp³-hybridized carbons (Fsp3) is 0.364. The molecule has 0 aliphatic carbocycles. The van der Waals surface area contributed by atoms with Crippen LogP contribution in [0.3, 0.4) is 0 Å². The lowest BCUT2D eigenvalue weighted by Crippen LogP contribution is -2.41. The highest BCUT2D eigenvalue weighted by Gasteiger charge is 2.51. The SMILES string of the molecule is C.C=C/C=C(\C=C)C(=O)Nc1ccc(B2OC(C)(C)C(C)(C)O2)cc1C(=O)OC. The largest absolute Gasteiger partial charge is 0.494 e. The maximum Gasteiger partial charge on any atom is 0.494 e. The van der Waals surface area contributed by atoms with E-state index in [1.54, 1.807) is 18.2 Å². The first-order valence-electron chi connectivity index (χ1n) is 8.90. The van der Waals surface area contributed by atoms with Crippen molar-refractivity contribution in [3.63, 3.8) is 0 Å². The molecule has 1 aliphatic heterocycles. The lowest BCUT2D eigenvalue weighted by atomic mass is 9.78. The van der Waals surface area contributed by atoms with Crippen LogP contribution in [0.4, 0.5) is 5.69 Å². The number of carbonyl (C=O) groups is 2. The smallest absolute Gasteiger partial charge is 0.465 e. The number of allylic oxidation sites excluding steroid dienone is 2. The van der Waals surface area contributed by atoms with Gasteiger partial charge >= 0.3 is 13.1 Å². The van der Waals surface area contributed by atoms with Gasteiger partial charge in [0.25, 0.3) is 5.91 Å². The van der Waals surface area contributed by atoms with E-state index < -0.39 is 30.2 Å². The number of anilines is 1. The third-order valence-electron chi connectivity index (χ3n) is 5.00. The molecule has 1 N–H and O–H groups in total. The van der Waals surface area contributed by atoms with Crippen molar-refractivity contribution in [2.45, 2.75) is 46.3 Å². The second-order valence-electron chi connectivity index (χ2n) is 7.40. The van der Waals surface area contributed by atoms with Gasteiger partial charge in [0, 0.05) is 5.57 Å². The Labute approximate surface area is 173 Å². The van der Waals surface area contributed by atoms with Gasteiger partial charge in [0.05, 0.1) is 29.6 Å². The van der Waals surface area contributed by atoms with Gasteiger partial charge in [-0.1, -0.05) is 44.9 Å². The van der Waals surface area contributed by atoms with Crippen molar-refractivity contribution >= 4 is 30.1 Å². The lowest BCUT2D eigenvalue weighted by Gasteiger charge is -2.32. The molecule has 7 heteroatoms. The quantitative estimate of drug-likeness (QED) is 0.342. The van der Waals surface area contributed by atoms with E-state index in [1.165, 1.54) is 25.3 Å². The third-order valence-corrected chi connectivity index (χ3v) is 5.00. The van der Waals surface area contributed by atoms with Crippen LogP contribution in [0.15, 0.2) is 55.2 Å². The highest BCUT2D eigenvalue weighted by atomic mass is 16.7. The molecule has 0 saturated carbocycles. The van der Waals surface area contributed by atoms with Gasteiger partial charge in [-0.05, 0) is 45.3 Å². The standard InChI is InChI=1S/C21H26BNO5.CH4/c1-8-10-14(9-2)18(24)23-17-12-11-15(13-16(17)19(25)26-7)22-27-20(3,4)21(5,6)28-22;/h8-13H,1-2H2,3-7H3,(H,23,24);1H4/b14-10+;. The zero-order valence-corrected chi connectivity index (χ0v) is 17.0. The summed E-state index contributed by atoms with van der Waals surface area (Å²) in [6.45, 7) is 15.0. The van der Waals surface area contributed by atoms with Crippen LogP contribution in [0.1, 0.15) is 45.5 Å². The van der Waals surface area contributed by atoms with Crippen molar-refractivity contribution in [3.05, 3.63) is 60.7 Å². The predicted octanol–water partition coefficient (Wildman–Crippen LogP) is 3.65. The highest BCUT2D eigenvalue weighted by Crippen LogP contribution is 2.36. The third kappa shape index (κ3) is 5.05. The van der Waals surface area contributed by atoms with E-state index in [2.05, 4.69) is 18.5 Å². The zero-order chi connectivity index (χ0) is 21.1. The van der Waals surface area contributed by atoms with Crippen molar-refractivity contribution in [1.29, 1.82) is 0 Å². The fourth-order valence-corrected chi connectivity index (χ4v) is 2.63. The molecule has 29 heavy (non-hydrogen) atoms. The van der Waals surface area contributed by atoms with E-state index in [4.69, 9.17) is 14.0 Å². The molecule has 1 aromatic carbocycles. The molecule has 156 valence electrons. The van der Waals surface area contributed by atoms with Crippen LogP contribution in [-0.2, 0) is 18.8 Å². The molecule has 1 amide bonds. The van der Waals surface area contributed by atoms with Crippen molar-refractivity contribution in [2.24, 2.45) is 0 Å². The summed E-state index contributed by atoms with van der Waals surface area (Å²) in [5.74, 6) is -0.995. The number of nitrogens with one attached hydrogen (secondary N) is 1. The molecule has 1 fully saturated rings. The Bertz CT molecular complexity index is 826. The van der Waals surface area contributed by atoms with Gasteiger partial charge in [0.1, 0.15) is 0 Å². The van der Waals surface area contributed by atoms with Gasteiger partial charge in [-0.2, -0.15) is 0 Å². The first-order valence-corrected chi connectivity index (χ1v) is 8.90. The van der Waals surface area contributed by atoms with Gasteiger partial charge in [-0.15, -0.1) is 0 Å². The minimum Gasteiger partial charge on any atom is -0.465 e. The summed E-state index contributed by atoms with van der Waals surface area (Å²) in [4.78, 5) is 24.7. The molecule has 6 nitrogen and oxygen atoms in total. The molecule has 0 atom stereocenters. The van der Waals surface area contributed by atoms with Gasteiger partial charge in [-0.3, -0.25) is 4.79 Å². The van der Waals surface area contributed by atoms with Crippen LogP contribution >= 0.6 is 0 Å². The Morgan fingerprint density at radius 1 is 1.14 bits per heavy atom. The topological polar surface area (TPSA) is 73.9 Å². The first kappa shape index (κ1) is 24.4. The minimum absolute atomic E-state index is 0. The lowest BCUT2D eigenvalue weighted by molar-refractivity contribution is -0.112. The van der Waals surface area contributed by atoms with Crippen LogP contribution in [-0.4, -0.2) is 37.3 Å². The van der Waals surface area contributed by atoms with E-state index >= 15 is 0 Å². The molecule has 0 unspecified atom stereocenters. The van der Waals surface area contributed by atoms with E-state index in [0.717, 1.165) is 0 Å². The van der Waals surface area contributed by atoms with Crippen LogP contribution in [0.2, 0.25) is 0 Å². The predicted molar refractivity (Wildman–Crippen MR) is 117 cm³/mol. The molecule has 0 bridgehead atoms. The summed E-state index contributed by atoms with van der Waals surface area (Å²) >= 11 is 0. The monoisotopic (exact) mass is 399 g/mol. The molecule has 1 aliphatic rings. The van der Waals surface area contributed by atoms with Crippen LogP contribution in [0.5, 0.6) is 0 Å². The van der Waals surface area contributed by atoms with Crippen LogP contribution in [0, 0.1) is 0 Å². The second-order valence-corrected chi connectivity index (χ2v) is 7.40. The van der Waals surface area contributed by atoms with Gasteiger partial charge in [-0.25, -0.2) is 4.79 Å². The maximum absolute atomic E-state index is 12.4. The summed E-state index contributed by atoms with van der Waals surface area (Å²) in [6.07, 6.45) is 4.42. The summed E-state index contributed by atoms with van der Waals surface area (Å²) in [7, 11) is 0.643. The molecule has 1 aromatic rings. The molecular weight excluding hydrogens is 369 g/mol. The molecule has 2 rings (SSSR count). The number of rotatable bonds is 6. The van der Waals surface area contributed by atoms with Crippen molar-refractivity contribution in [2.75, 3.05) is 12.4 Å². The van der Waals surface area contributed by atoms with E-state index in [0.29, 0.717) is 16.7 Å². The van der Waals surface area contributed by atoms with Crippen molar-refractivity contribution in [1.82, 2.24) is 0 Å². The molecule has 0 spiro atoms. The molecule has 0 aromatic heterocycles. The normalized spacial score (nSPS) is 17.1. The zero-order valence-electron chi connectivity index (χ0n) is 17.0. The maximum atomic E-state index is 12.4. The Morgan fingerprint density at radius 2 is 1.72 bits per heavy atom. The molecule has 0 radical (unpaired) electrons. The van der Waals surface area contributed by atoms with E-state index in [-0.39, 0.29) is 13.0 Å². The molecule has 1 saturated heterocycles. The fourth-order valence-electron chi connectivity index (χ4n) is 2.63.